The molecule has 0 unspecified atom stereocenters. The molecular weight excluding hydrogens is 282 g/mol. The molecular formula is C16H15N3OS. The summed E-state index contributed by atoms with van der Waals surface area (Å²) in [4.78, 5) is 14.8. The number of thiophene rings is 1. The van der Waals surface area contributed by atoms with Crippen molar-refractivity contribution in [2.45, 2.75) is 25.4 Å². The number of aromatic amines is 1. The molecule has 0 aliphatic heterocycles. The van der Waals surface area contributed by atoms with Gasteiger partial charge in [0.05, 0.1) is 11.7 Å². The van der Waals surface area contributed by atoms with Gasteiger partial charge in [-0.1, -0.05) is 6.07 Å². The van der Waals surface area contributed by atoms with Crippen LogP contribution < -0.4 is 0 Å². The van der Waals surface area contributed by atoms with E-state index in [1.54, 1.807) is 17.5 Å². The van der Waals surface area contributed by atoms with E-state index in [2.05, 4.69) is 27.0 Å². The van der Waals surface area contributed by atoms with Crippen LogP contribution in [0.2, 0.25) is 0 Å². The van der Waals surface area contributed by atoms with Crippen molar-refractivity contribution in [1.82, 2.24) is 15.1 Å². The molecule has 21 heavy (non-hydrogen) atoms. The number of hydrogen-bond donors (Lipinski definition) is 1. The molecule has 4 rings (SSSR count). The molecule has 1 aliphatic rings. The minimum atomic E-state index is 0.111. The van der Waals surface area contributed by atoms with Gasteiger partial charge in [0.2, 0.25) is 0 Å². The fourth-order valence-corrected chi connectivity index (χ4v) is 3.23. The third-order valence-corrected chi connectivity index (χ3v) is 4.60. The topological polar surface area (TPSA) is 49.0 Å². The first-order chi connectivity index (χ1) is 10.3. The van der Waals surface area contributed by atoms with Crippen LogP contribution in [0.1, 0.15) is 28.8 Å². The Balaban J connectivity index is 1.63. The van der Waals surface area contributed by atoms with Gasteiger partial charge in [0.1, 0.15) is 0 Å². The van der Waals surface area contributed by atoms with Crippen molar-refractivity contribution < 1.29 is 4.79 Å². The van der Waals surface area contributed by atoms with Gasteiger partial charge < -0.3 is 4.90 Å². The van der Waals surface area contributed by atoms with Crippen LogP contribution in [0.4, 0.5) is 0 Å². The zero-order chi connectivity index (χ0) is 14.2. The Morgan fingerprint density at radius 2 is 2.29 bits per heavy atom. The molecule has 0 atom stereocenters. The van der Waals surface area contributed by atoms with Crippen LogP contribution in [-0.2, 0) is 6.54 Å². The number of H-pyrrole nitrogens is 1. The molecule has 2 heterocycles. The molecule has 0 saturated heterocycles. The van der Waals surface area contributed by atoms with Crippen molar-refractivity contribution in [2.24, 2.45) is 0 Å². The molecule has 0 bridgehead atoms. The van der Waals surface area contributed by atoms with Crippen molar-refractivity contribution in [2.75, 3.05) is 0 Å². The second-order valence-electron chi connectivity index (χ2n) is 5.47. The molecule has 3 aromatic rings. The van der Waals surface area contributed by atoms with Crippen LogP contribution in [0, 0.1) is 0 Å². The summed E-state index contributed by atoms with van der Waals surface area (Å²) in [7, 11) is 0. The highest BCUT2D eigenvalue weighted by Gasteiger charge is 2.33. The van der Waals surface area contributed by atoms with E-state index in [1.165, 1.54) is 5.56 Å². The van der Waals surface area contributed by atoms with Crippen LogP contribution in [-0.4, -0.2) is 27.0 Å². The summed E-state index contributed by atoms with van der Waals surface area (Å²) in [5.41, 5.74) is 2.85. The monoisotopic (exact) mass is 297 g/mol. The maximum Gasteiger partial charge on any atom is 0.254 e. The van der Waals surface area contributed by atoms with E-state index >= 15 is 0 Å². The number of carbonyl (C=O) groups is 1. The lowest BCUT2D eigenvalue weighted by Crippen LogP contribution is -2.32. The lowest BCUT2D eigenvalue weighted by Gasteiger charge is -2.22. The first kappa shape index (κ1) is 12.6. The molecule has 0 spiro atoms. The van der Waals surface area contributed by atoms with Gasteiger partial charge in [0.25, 0.3) is 5.91 Å². The van der Waals surface area contributed by atoms with E-state index in [-0.39, 0.29) is 5.91 Å². The van der Waals surface area contributed by atoms with Crippen LogP contribution in [0.15, 0.2) is 41.2 Å². The number of nitrogens with one attached hydrogen (secondary N) is 1. The van der Waals surface area contributed by atoms with Gasteiger partial charge in [0, 0.05) is 23.5 Å². The Labute approximate surface area is 126 Å². The maximum atomic E-state index is 12.8. The Morgan fingerprint density at radius 1 is 1.38 bits per heavy atom. The highest BCUT2D eigenvalue weighted by atomic mass is 32.1. The van der Waals surface area contributed by atoms with Crippen molar-refractivity contribution in [3.05, 3.63) is 52.3 Å². The number of hydrogen-bond acceptors (Lipinski definition) is 3. The van der Waals surface area contributed by atoms with Gasteiger partial charge in [-0.2, -0.15) is 16.4 Å². The van der Waals surface area contributed by atoms with E-state index in [1.807, 2.05) is 23.1 Å². The quantitative estimate of drug-likeness (QED) is 0.802. The van der Waals surface area contributed by atoms with Gasteiger partial charge >= 0.3 is 0 Å². The van der Waals surface area contributed by atoms with Crippen LogP contribution in [0.25, 0.3) is 10.9 Å². The van der Waals surface area contributed by atoms with Crippen molar-refractivity contribution >= 4 is 28.1 Å². The number of benzene rings is 1. The van der Waals surface area contributed by atoms with Crippen molar-refractivity contribution in [3.8, 4) is 0 Å². The van der Waals surface area contributed by atoms with Crippen LogP contribution in [0.3, 0.4) is 0 Å². The summed E-state index contributed by atoms with van der Waals surface area (Å²) in [5, 5.41) is 12.1. The molecule has 1 amide bonds. The normalized spacial score (nSPS) is 14.5. The van der Waals surface area contributed by atoms with Gasteiger partial charge in [-0.15, -0.1) is 0 Å². The minimum absolute atomic E-state index is 0.111. The van der Waals surface area contributed by atoms with Crippen LogP contribution in [0.5, 0.6) is 0 Å². The zero-order valence-electron chi connectivity index (χ0n) is 11.5. The fourth-order valence-electron chi connectivity index (χ4n) is 2.57. The molecule has 5 heteroatoms. The van der Waals surface area contributed by atoms with Gasteiger partial charge in [-0.05, 0) is 47.4 Å². The standard InChI is InChI=1S/C16H15N3OS/c20-16(12-1-2-13-8-17-18-15(13)7-12)19(14-3-4-14)9-11-5-6-21-10-11/h1-2,5-8,10,14H,3-4,9H2,(H,17,18). The molecule has 1 fully saturated rings. The summed E-state index contributed by atoms with van der Waals surface area (Å²) in [6, 6.07) is 8.22. The maximum absolute atomic E-state index is 12.8. The summed E-state index contributed by atoms with van der Waals surface area (Å²) in [6.07, 6.45) is 4.00. The fraction of sp³-hybridized carbons (Fsp3) is 0.250. The van der Waals surface area contributed by atoms with E-state index in [4.69, 9.17) is 0 Å². The lowest BCUT2D eigenvalue weighted by molar-refractivity contribution is 0.0730. The number of fused-ring (bicyclic) bond motifs is 1. The van der Waals surface area contributed by atoms with Gasteiger partial charge in [-0.3, -0.25) is 9.89 Å². The lowest BCUT2D eigenvalue weighted by atomic mass is 10.1. The number of amides is 1. The molecule has 0 radical (unpaired) electrons. The third-order valence-electron chi connectivity index (χ3n) is 3.87. The van der Waals surface area contributed by atoms with E-state index in [0.717, 1.165) is 29.3 Å². The van der Waals surface area contributed by atoms with E-state index < -0.39 is 0 Å². The molecule has 1 aromatic carbocycles. The highest BCUT2D eigenvalue weighted by Crippen LogP contribution is 2.30. The third kappa shape index (κ3) is 2.45. The molecule has 1 saturated carbocycles. The SMILES string of the molecule is O=C(c1ccc2cn[nH]c2c1)N(Cc1ccsc1)C1CC1. The number of rotatable bonds is 4. The van der Waals surface area contributed by atoms with Crippen molar-refractivity contribution in [3.63, 3.8) is 0 Å². The molecule has 4 nitrogen and oxygen atoms in total. The second kappa shape index (κ2) is 5.00. The predicted molar refractivity (Wildman–Crippen MR) is 83.3 cm³/mol. The second-order valence-corrected chi connectivity index (χ2v) is 6.25. The largest absolute Gasteiger partial charge is 0.331 e. The van der Waals surface area contributed by atoms with Gasteiger partial charge in [0.15, 0.2) is 0 Å². The molecule has 2 aromatic heterocycles. The first-order valence-electron chi connectivity index (χ1n) is 7.06. The molecule has 106 valence electrons. The van der Waals surface area contributed by atoms with Crippen LogP contribution >= 0.6 is 11.3 Å². The Bertz CT molecular complexity index is 774. The smallest absolute Gasteiger partial charge is 0.254 e. The Kier molecular flexibility index (Phi) is 3.00. The first-order valence-corrected chi connectivity index (χ1v) is 8.01. The average molecular weight is 297 g/mol. The Hall–Kier alpha value is -2.14. The summed E-state index contributed by atoms with van der Waals surface area (Å²) in [5.74, 6) is 0.111. The predicted octanol–water partition coefficient (Wildman–Crippen LogP) is 3.43. The average Bonchev–Trinajstić information content (AvgIpc) is 3.02. The molecule has 1 aliphatic carbocycles. The van der Waals surface area contributed by atoms with E-state index in [9.17, 15) is 4.79 Å². The zero-order valence-corrected chi connectivity index (χ0v) is 12.3. The number of nitrogens with zero attached hydrogens (tertiary/aromatic N) is 2. The number of aromatic nitrogens is 2. The van der Waals surface area contributed by atoms with E-state index in [0.29, 0.717) is 12.6 Å². The summed E-state index contributed by atoms with van der Waals surface area (Å²) >= 11 is 1.67. The number of carbonyl (C=O) groups excluding carboxylic acids is 1. The molecule has 1 N–H and O–H groups in total. The van der Waals surface area contributed by atoms with Crippen molar-refractivity contribution in [1.29, 1.82) is 0 Å². The highest BCUT2D eigenvalue weighted by molar-refractivity contribution is 7.07. The van der Waals surface area contributed by atoms with Gasteiger partial charge in [-0.25, -0.2) is 0 Å². The summed E-state index contributed by atoms with van der Waals surface area (Å²) in [6.45, 7) is 0.702. The Morgan fingerprint density at radius 3 is 3.05 bits per heavy atom. The summed E-state index contributed by atoms with van der Waals surface area (Å²) < 4.78 is 0. The minimum Gasteiger partial charge on any atom is -0.331 e.